The molecule has 5 heteroatoms. The lowest BCUT2D eigenvalue weighted by Gasteiger charge is -2.43. The van der Waals surface area contributed by atoms with E-state index >= 15 is 0 Å². The quantitative estimate of drug-likeness (QED) is 0.161. The molecule has 2 aromatic heterocycles. The smallest absolute Gasteiger partial charge is 0.298 e. The maximum absolute atomic E-state index is 7.82. The molecule has 0 saturated heterocycles. The van der Waals surface area contributed by atoms with E-state index in [2.05, 4.69) is 237 Å². The molecule has 0 unspecified atom stereocenters. The minimum absolute atomic E-state index is 0.0163. The van der Waals surface area contributed by atoms with Crippen LogP contribution in [0.3, 0.4) is 0 Å². The molecular formula is C65H69BN2OS. The molecular weight excluding hydrogens is 868 g/mol. The zero-order valence-electron chi connectivity index (χ0n) is 44.7. The number of nitrogens with zero attached hydrogens (tertiary/aromatic N) is 2. The Labute approximate surface area is 422 Å². The second-order valence-electron chi connectivity index (χ2n) is 26.4. The molecule has 0 spiro atoms. The van der Waals surface area contributed by atoms with Crippen molar-refractivity contribution in [2.24, 2.45) is 0 Å². The monoisotopic (exact) mass is 937 g/mol. The van der Waals surface area contributed by atoms with E-state index < -0.39 is 0 Å². The molecule has 0 atom stereocenters. The Hall–Kier alpha value is -5.78. The fourth-order valence-corrected chi connectivity index (χ4v) is 14.1. The van der Waals surface area contributed by atoms with E-state index in [4.69, 9.17) is 4.42 Å². The predicted octanol–water partition coefficient (Wildman–Crippen LogP) is 16.7. The molecule has 70 heavy (non-hydrogen) atoms. The van der Waals surface area contributed by atoms with Gasteiger partial charge in [0.25, 0.3) is 6.71 Å². The number of hydrogen-bond donors (Lipinski definition) is 0. The largest absolute Gasteiger partial charge is 0.468 e. The molecule has 0 fully saturated rings. The molecule has 354 valence electrons. The van der Waals surface area contributed by atoms with Gasteiger partial charge in [-0.3, -0.25) is 0 Å². The van der Waals surface area contributed by atoms with Gasteiger partial charge in [-0.25, -0.2) is 0 Å². The van der Waals surface area contributed by atoms with Crippen molar-refractivity contribution in [2.45, 2.75) is 150 Å². The first-order chi connectivity index (χ1) is 32.7. The SMILES string of the molecule is Cc1cc2c3c(c1)N(c1ccc(C(C)(C)C)cc1)c1c(oc4c1C(C)(C)c1cc(C(C)(C)C)ccc1-4)B3c1c(ccc3c4c(sc13)C(C)(C)c1ccc(C(C)(C)C)cc1-4)N2c1ccc(C(C)(C)C)cc1. The van der Waals surface area contributed by atoms with Gasteiger partial charge in [0.1, 0.15) is 5.76 Å². The Morgan fingerprint density at radius 3 is 1.61 bits per heavy atom. The molecule has 0 amide bonds. The third-order valence-corrected chi connectivity index (χ3v) is 18.2. The minimum Gasteiger partial charge on any atom is -0.468 e. The predicted molar refractivity (Wildman–Crippen MR) is 303 cm³/mol. The summed E-state index contributed by atoms with van der Waals surface area (Å²) in [4.78, 5) is 6.63. The lowest BCUT2D eigenvalue weighted by atomic mass is 9.35. The normalized spacial score (nSPS) is 16.2. The van der Waals surface area contributed by atoms with Crippen LogP contribution >= 0.6 is 11.3 Å². The van der Waals surface area contributed by atoms with Gasteiger partial charge in [0, 0.05) is 70.9 Å². The summed E-state index contributed by atoms with van der Waals surface area (Å²) in [5, 5.41) is 1.35. The van der Waals surface area contributed by atoms with Crippen molar-refractivity contribution >= 4 is 78.8 Å². The summed E-state index contributed by atoms with van der Waals surface area (Å²) in [6.45, 7) is 39.7. The minimum atomic E-state index is -0.330. The second kappa shape index (κ2) is 14.2. The molecule has 4 aliphatic rings. The van der Waals surface area contributed by atoms with Crippen LogP contribution in [-0.2, 0) is 32.5 Å². The Bertz CT molecular complexity index is 3530. The van der Waals surface area contributed by atoms with E-state index in [9.17, 15) is 0 Å². The van der Waals surface area contributed by atoms with Gasteiger partial charge >= 0.3 is 0 Å². The zero-order chi connectivity index (χ0) is 49.7. The first kappa shape index (κ1) is 45.4. The Morgan fingerprint density at radius 2 is 1.03 bits per heavy atom. The molecule has 0 N–H and O–H groups in total. The first-order valence-electron chi connectivity index (χ1n) is 25.7. The number of anilines is 6. The van der Waals surface area contributed by atoms with Crippen LogP contribution in [0.15, 0.2) is 114 Å². The van der Waals surface area contributed by atoms with Crippen molar-refractivity contribution in [1.82, 2.24) is 0 Å². The van der Waals surface area contributed by atoms with Crippen LogP contribution in [0, 0.1) is 6.92 Å². The van der Waals surface area contributed by atoms with Crippen molar-refractivity contribution in [3.63, 3.8) is 0 Å². The van der Waals surface area contributed by atoms with Crippen LogP contribution in [0.2, 0.25) is 0 Å². The van der Waals surface area contributed by atoms with Crippen LogP contribution in [0.5, 0.6) is 0 Å². The van der Waals surface area contributed by atoms with E-state index in [-0.39, 0.29) is 39.2 Å². The van der Waals surface area contributed by atoms with Crippen LogP contribution < -0.4 is 26.4 Å². The van der Waals surface area contributed by atoms with Crippen LogP contribution in [0.25, 0.3) is 32.5 Å². The number of aryl methyl sites for hydroxylation is 1. The number of rotatable bonds is 2. The number of thiophene rings is 1. The summed E-state index contributed by atoms with van der Waals surface area (Å²) in [7, 11) is 0. The summed E-state index contributed by atoms with van der Waals surface area (Å²) >= 11 is 2.02. The maximum Gasteiger partial charge on any atom is 0.298 e. The van der Waals surface area contributed by atoms with Crippen LogP contribution in [-0.4, -0.2) is 6.71 Å². The summed E-state index contributed by atoms with van der Waals surface area (Å²) in [5.41, 5.74) is 25.2. The van der Waals surface area contributed by atoms with Gasteiger partial charge in [-0.05, 0) is 126 Å². The molecule has 0 radical (unpaired) electrons. The molecule has 3 nitrogen and oxygen atoms in total. The fourth-order valence-electron chi connectivity index (χ4n) is 12.6. The maximum atomic E-state index is 7.82. The number of benzene rings is 6. The van der Waals surface area contributed by atoms with Crippen molar-refractivity contribution in [2.75, 3.05) is 9.80 Å². The van der Waals surface area contributed by atoms with E-state index in [0.29, 0.717) is 0 Å². The standard InChI is InChI=1S/C65H69BN2OS/c1-36-32-49-53-50(33-36)68(42-26-20-38(21-27-42)61(5,6)7)55-52-56(43-28-22-40(63(11,12)13)35-47(43)64(52,14)15)69-59(55)66(53)54-48(67(49)41-24-18-37(19-25-41)60(2,3)4)31-29-44-51-45-34-39(62(8,9)10)23-30-46(45)65(16,17)58(51)70-57(44)54/h18-35H,1-17H3. The van der Waals surface area contributed by atoms with Gasteiger partial charge in [0.2, 0.25) is 0 Å². The second-order valence-corrected chi connectivity index (χ2v) is 27.4. The summed E-state index contributed by atoms with van der Waals surface area (Å²) in [6, 6.07) is 43.1. The lowest BCUT2D eigenvalue weighted by Crippen LogP contribution is -2.61. The van der Waals surface area contributed by atoms with Gasteiger partial charge < -0.3 is 14.2 Å². The first-order valence-corrected chi connectivity index (χ1v) is 26.5. The molecule has 8 aromatic rings. The van der Waals surface area contributed by atoms with E-state index in [1.54, 1.807) is 0 Å². The lowest BCUT2D eigenvalue weighted by molar-refractivity contribution is 0.584. The van der Waals surface area contributed by atoms with E-state index in [0.717, 1.165) is 17.1 Å². The van der Waals surface area contributed by atoms with Crippen molar-refractivity contribution in [1.29, 1.82) is 0 Å². The summed E-state index contributed by atoms with van der Waals surface area (Å²) in [6.07, 6.45) is 0. The molecule has 4 heterocycles. The van der Waals surface area contributed by atoms with Crippen LogP contribution in [0.1, 0.15) is 160 Å². The third-order valence-electron chi connectivity index (χ3n) is 16.7. The van der Waals surface area contributed by atoms with Gasteiger partial charge in [0.05, 0.1) is 11.3 Å². The molecule has 6 aromatic carbocycles. The Balaban J connectivity index is 1.20. The zero-order valence-corrected chi connectivity index (χ0v) is 45.5. The highest BCUT2D eigenvalue weighted by atomic mass is 32.1. The molecule has 0 saturated carbocycles. The third kappa shape index (κ3) is 6.25. The molecule has 2 aliphatic carbocycles. The van der Waals surface area contributed by atoms with Crippen LogP contribution in [0.4, 0.5) is 34.1 Å². The van der Waals surface area contributed by atoms with Gasteiger partial charge in [-0.1, -0.05) is 178 Å². The highest BCUT2D eigenvalue weighted by molar-refractivity contribution is 7.23. The average molecular weight is 937 g/mol. The van der Waals surface area contributed by atoms with Crippen molar-refractivity contribution in [3.05, 3.63) is 159 Å². The molecule has 2 aliphatic heterocycles. The average Bonchev–Trinajstić information content (AvgIpc) is 3.99. The van der Waals surface area contributed by atoms with Crippen molar-refractivity contribution < 1.29 is 4.42 Å². The highest BCUT2D eigenvalue weighted by Crippen LogP contribution is 2.60. The molecule has 0 bridgehead atoms. The number of hydrogen-bond acceptors (Lipinski definition) is 4. The van der Waals surface area contributed by atoms with E-state index in [1.165, 1.54) is 116 Å². The fraction of sp³-hybridized carbons (Fsp3) is 0.354. The molecule has 12 rings (SSSR count). The van der Waals surface area contributed by atoms with E-state index in [1.807, 2.05) is 11.3 Å². The van der Waals surface area contributed by atoms with Crippen molar-refractivity contribution in [3.8, 4) is 22.5 Å². The highest BCUT2D eigenvalue weighted by Gasteiger charge is 2.53. The summed E-state index contributed by atoms with van der Waals surface area (Å²) in [5.74, 6) is 1.01. The van der Waals surface area contributed by atoms with Gasteiger partial charge in [-0.15, -0.1) is 11.3 Å². The summed E-state index contributed by atoms with van der Waals surface area (Å²) < 4.78 is 9.18. The van der Waals surface area contributed by atoms with Gasteiger partial charge in [-0.2, -0.15) is 0 Å². The Morgan fingerprint density at radius 1 is 0.500 bits per heavy atom. The number of fused-ring (bicyclic) bond motifs is 14. The van der Waals surface area contributed by atoms with Gasteiger partial charge in [0.15, 0.2) is 0 Å². The topological polar surface area (TPSA) is 19.6 Å². The Kier molecular flexibility index (Phi) is 9.21. The number of furan rings is 1.